The third-order valence-electron chi connectivity index (χ3n) is 5.92. The van der Waals surface area contributed by atoms with Crippen LogP contribution in [0.5, 0.6) is 0 Å². The second-order valence-corrected chi connectivity index (χ2v) is 9.08. The average molecular weight is 415 g/mol. The van der Waals surface area contributed by atoms with E-state index in [2.05, 4.69) is 41.1 Å². The summed E-state index contributed by atoms with van der Waals surface area (Å²) < 4.78 is 1.74. The van der Waals surface area contributed by atoms with Gasteiger partial charge in [0.2, 0.25) is 5.82 Å². The zero-order valence-electron chi connectivity index (χ0n) is 17.8. The van der Waals surface area contributed by atoms with E-state index in [1.165, 1.54) is 16.9 Å². The van der Waals surface area contributed by atoms with Gasteiger partial charge in [0.1, 0.15) is 10.7 Å². The van der Waals surface area contributed by atoms with Crippen LogP contribution >= 0.6 is 11.3 Å². The maximum Gasteiger partial charge on any atom is 0.290 e. The summed E-state index contributed by atoms with van der Waals surface area (Å²) in [6.07, 6.45) is 4.30. The lowest BCUT2D eigenvalue weighted by atomic mass is 9.89. The lowest BCUT2D eigenvalue weighted by molar-refractivity contribution is 0.0941. The van der Waals surface area contributed by atoms with Gasteiger partial charge in [-0.15, -0.1) is 16.4 Å². The number of thiophene rings is 1. The smallest absolute Gasteiger partial charge is 0.290 e. The number of carbonyl (C=O) groups excluding carboxylic acids is 1. The standard InChI is InChI=1S/C21H30N6OS/c1-5-26(6-2)11-7-10-22-20(28)18-24-19-17-15-12-13(3)8-9-16(15)29-21(17)23-14(4)27(19)25-18/h13H,5-12H2,1-4H3,(H,22,28). The van der Waals surface area contributed by atoms with Gasteiger partial charge in [0.25, 0.3) is 5.91 Å². The Balaban J connectivity index is 1.58. The molecule has 3 aromatic heterocycles. The number of rotatable bonds is 7. The van der Waals surface area contributed by atoms with Gasteiger partial charge in [-0.25, -0.2) is 9.97 Å². The number of aryl methyl sites for hydroxylation is 2. The fourth-order valence-electron chi connectivity index (χ4n) is 4.17. The minimum atomic E-state index is -0.210. The van der Waals surface area contributed by atoms with Gasteiger partial charge in [-0.3, -0.25) is 4.79 Å². The summed E-state index contributed by atoms with van der Waals surface area (Å²) in [6, 6.07) is 0. The van der Waals surface area contributed by atoms with Crippen molar-refractivity contribution < 1.29 is 4.79 Å². The molecule has 1 aliphatic rings. The Morgan fingerprint density at radius 3 is 2.86 bits per heavy atom. The Hall–Kier alpha value is -2.06. The fourth-order valence-corrected chi connectivity index (χ4v) is 5.42. The number of hydrogen-bond donors (Lipinski definition) is 1. The first-order valence-electron chi connectivity index (χ1n) is 10.7. The highest BCUT2D eigenvalue weighted by molar-refractivity contribution is 7.19. The highest BCUT2D eigenvalue weighted by Gasteiger charge is 2.25. The molecule has 3 heterocycles. The number of nitrogens with zero attached hydrogens (tertiary/aromatic N) is 5. The van der Waals surface area contributed by atoms with E-state index in [-0.39, 0.29) is 11.7 Å². The van der Waals surface area contributed by atoms with Crippen molar-refractivity contribution in [3.8, 4) is 0 Å². The molecule has 0 aromatic carbocycles. The monoisotopic (exact) mass is 414 g/mol. The van der Waals surface area contributed by atoms with Crippen LogP contribution in [0.3, 0.4) is 0 Å². The minimum Gasteiger partial charge on any atom is -0.349 e. The van der Waals surface area contributed by atoms with Crippen molar-refractivity contribution in [2.24, 2.45) is 5.92 Å². The molecule has 1 N–H and O–H groups in total. The van der Waals surface area contributed by atoms with Gasteiger partial charge in [-0.1, -0.05) is 20.8 Å². The third kappa shape index (κ3) is 3.88. The van der Waals surface area contributed by atoms with Crippen LogP contribution in [0.2, 0.25) is 0 Å². The molecule has 8 heteroatoms. The van der Waals surface area contributed by atoms with Gasteiger partial charge < -0.3 is 10.2 Å². The van der Waals surface area contributed by atoms with Crippen LogP contribution in [0, 0.1) is 12.8 Å². The van der Waals surface area contributed by atoms with Crippen LogP contribution in [0.1, 0.15) is 60.5 Å². The van der Waals surface area contributed by atoms with E-state index in [1.54, 1.807) is 15.9 Å². The summed E-state index contributed by atoms with van der Waals surface area (Å²) in [7, 11) is 0. The summed E-state index contributed by atoms with van der Waals surface area (Å²) in [5.41, 5.74) is 2.13. The molecule has 0 aliphatic heterocycles. The lowest BCUT2D eigenvalue weighted by Gasteiger charge is -2.17. The van der Waals surface area contributed by atoms with Gasteiger partial charge in [-0.2, -0.15) is 4.52 Å². The summed E-state index contributed by atoms with van der Waals surface area (Å²) in [5.74, 6) is 1.46. The number of hydrogen-bond acceptors (Lipinski definition) is 6. The highest BCUT2D eigenvalue weighted by Crippen LogP contribution is 2.38. The molecule has 4 rings (SSSR count). The van der Waals surface area contributed by atoms with E-state index in [9.17, 15) is 4.79 Å². The molecular formula is C21H30N6OS. The number of carbonyl (C=O) groups is 1. The molecule has 29 heavy (non-hydrogen) atoms. The van der Waals surface area contributed by atoms with E-state index in [0.717, 1.165) is 60.6 Å². The van der Waals surface area contributed by atoms with E-state index in [4.69, 9.17) is 4.98 Å². The topological polar surface area (TPSA) is 75.4 Å². The molecule has 0 saturated carbocycles. The van der Waals surface area contributed by atoms with Crippen LogP contribution in [0.4, 0.5) is 0 Å². The van der Waals surface area contributed by atoms with Crippen LogP contribution in [0.15, 0.2) is 0 Å². The van der Waals surface area contributed by atoms with Gasteiger partial charge in [0, 0.05) is 11.4 Å². The van der Waals surface area contributed by atoms with Crippen molar-refractivity contribution in [1.82, 2.24) is 29.8 Å². The van der Waals surface area contributed by atoms with Gasteiger partial charge in [0.15, 0.2) is 5.65 Å². The van der Waals surface area contributed by atoms with Gasteiger partial charge >= 0.3 is 0 Å². The number of fused-ring (bicyclic) bond motifs is 5. The molecule has 1 aliphatic carbocycles. The van der Waals surface area contributed by atoms with Crippen molar-refractivity contribution >= 4 is 33.1 Å². The van der Waals surface area contributed by atoms with Crippen molar-refractivity contribution in [2.75, 3.05) is 26.2 Å². The van der Waals surface area contributed by atoms with E-state index in [1.807, 2.05) is 6.92 Å². The predicted molar refractivity (Wildman–Crippen MR) is 117 cm³/mol. The number of aromatic nitrogens is 4. The largest absolute Gasteiger partial charge is 0.349 e. The predicted octanol–water partition coefficient (Wildman–Crippen LogP) is 3.23. The summed E-state index contributed by atoms with van der Waals surface area (Å²) >= 11 is 1.77. The molecule has 3 aromatic rings. The summed E-state index contributed by atoms with van der Waals surface area (Å²) in [4.78, 5) is 26.8. The Morgan fingerprint density at radius 1 is 1.31 bits per heavy atom. The molecule has 0 saturated heterocycles. The first kappa shape index (κ1) is 20.2. The second-order valence-electron chi connectivity index (χ2n) is 8.00. The average Bonchev–Trinajstić information content (AvgIpc) is 3.29. The lowest BCUT2D eigenvalue weighted by Crippen LogP contribution is -2.30. The molecule has 0 fully saturated rings. The van der Waals surface area contributed by atoms with Crippen molar-refractivity contribution in [1.29, 1.82) is 0 Å². The normalized spacial score (nSPS) is 16.7. The molecule has 0 bridgehead atoms. The zero-order chi connectivity index (χ0) is 20.5. The molecule has 0 radical (unpaired) electrons. The molecule has 0 spiro atoms. The fraction of sp³-hybridized carbons (Fsp3) is 0.619. The summed E-state index contributed by atoms with van der Waals surface area (Å²) in [6.45, 7) is 12.2. The third-order valence-corrected chi connectivity index (χ3v) is 7.11. The van der Waals surface area contributed by atoms with Crippen molar-refractivity contribution in [2.45, 2.75) is 53.4 Å². The maximum atomic E-state index is 12.6. The summed E-state index contributed by atoms with van der Waals surface area (Å²) in [5, 5.41) is 8.55. The Kier molecular flexibility index (Phi) is 5.83. The molecule has 1 unspecified atom stereocenters. The quantitative estimate of drug-likeness (QED) is 0.601. The van der Waals surface area contributed by atoms with E-state index >= 15 is 0 Å². The van der Waals surface area contributed by atoms with Crippen molar-refractivity contribution in [3.05, 3.63) is 22.1 Å². The number of nitrogens with one attached hydrogen (secondary N) is 1. The van der Waals surface area contributed by atoms with Crippen molar-refractivity contribution in [3.63, 3.8) is 0 Å². The minimum absolute atomic E-state index is 0.210. The first-order chi connectivity index (χ1) is 14.0. The van der Waals surface area contributed by atoms with Crippen LogP contribution in [0.25, 0.3) is 15.9 Å². The Bertz CT molecular complexity index is 1040. The molecular weight excluding hydrogens is 384 g/mol. The Morgan fingerprint density at radius 2 is 2.10 bits per heavy atom. The van der Waals surface area contributed by atoms with Crippen LogP contribution in [-0.4, -0.2) is 56.6 Å². The van der Waals surface area contributed by atoms with Crippen LogP contribution < -0.4 is 5.32 Å². The molecule has 156 valence electrons. The van der Waals surface area contributed by atoms with E-state index < -0.39 is 0 Å². The van der Waals surface area contributed by atoms with Crippen LogP contribution in [-0.2, 0) is 12.8 Å². The maximum absolute atomic E-state index is 12.6. The zero-order valence-corrected chi connectivity index (χ0v) is 18.6. The molecule has 1 atom stereocenters. The van der Waals surface area contributed by atoms with E-state index in [0.29, 0.717) is 12.5 Å². The molecule has 1 amide bonds. The number of amides is 1. The highest BCUT2D eigenvalue weighted by atomic mass is 32.1. The first-order valence-corrected chi connectivity index (χ1v) is 11.5. The van der Waals surface area contributed by atoms with Gasteiger partial charge in [-0.05, 0) is 63.7 Å². The molecule has 7 nitrogen and oxygen atoms in total. The second kappa shape index (κ2) is 8.36. The SMILES string of the molecule is CCN(CC)CCCNC(=O)c1nc2c3c4c(sc3nc(C)n2n1)CCC(C)C4. The Labute approximate surface area is 175 Å². The van der Waals surface area contributed by atoms with Gasteiger partial charge in [0.05, 0.1) is 5.39 Å².